The Morgan fingerprint density at radius 3 is 2.57 bits per heavy atom. The zero-order valence-electron chi connectivity index (χ0n) is 3.79. The summed E-state index contributed by atoms with van der Waals surface area (Å²) in [6.45, 7) is 0. The first kappa shape index (κ1) is 8.42. The molecule has 0 aliphatic rings. The minimum absolute atomic E-state index is 0. The molecule has 2 nitrogen and oxygen atoms in total. The third kappa shape index (κ3) is 3.07. The Labute approximate surface area is 93.7 Å². The van der Waals surface area contributed by atoms with Gasteiger partial charge in [0.25, 0.3) is 0 Å². The van der Waals surface area contributed by atoms with Gasteiger partial charge in [-0.3, -0.25) is 20.9 Å². The van der Waals surface area contributed by atoms with Gasteiger partial charge in [-0.1, -0.05) is 0 Å². The van der Waals surface area contributed by atoms with Crippen LogP contribution in [-0.4, -0.2) is 9.36 Å². The summed E-state index contributed by atoms with van der Waals surface area (Å²) in [5.41, 5.74) is 0. The molecule has 0 aliphatic carbocycles. The standard InChI is InChI=1S/C2H2N2S2.K/c5-2-3-1-4-6-2;/h1H,(H,3,4,5);/q;+1/p-1. The SMILES string of the molecule is [K+].[S-]c1ncns1. The molecule has 1 heterocycles. The summed E-state index contributed by atoms with van der Waals surface area (Å²) in [4.78, 5) is 3.64. The third-order valence-corrected chi connectivity index (χ3v) is 1.13. The molecule has 5 heteroatoms. The second kappa shape index (κ2) is 4.31. The molecule has 0 fully saturated rings. The maximum atomic E-state index is 4.59. The monoisotopic (exact) mass is 156 g/mol. The molecule has 0 spiro atoms. The van der Waals surface area contributed by atoms with E-state index in [0.717, 1.165) is 0 Å². The minimum atomic E-state index is 0. The summed E-state index contributed by atoms with van der Waals surface area (Å²) in [6.07, 6.45) is 1.45. The first-order valence-corrected chi connectivity index (χ1v) is 2.51. The van der Waals surface area contributed by atoms with Crippen LogP contribution in [0.25, 0.3) is 0 Å². The van der Waals surface area contributed by atoms with Gasteiger partial charge < -0.3 is 12.6 Å². The fraction of sp³-hybridized carbons (Fsp3) is 0. The van der Waals surface area contributed by atoms with Crippen molar-refractivity contribution in [3.63, 3.8) is 0 Å². The van der Waals surface area contributed by atoms with Crippen molar-refractivity contribution in [2.75, 3.05) is 0 Å². The van der Waals surface area contributed by atoms with E-state index in [4.69, 9.17) is 0 Å². The Hall–Kier alpha value is 1.42. The largest absolute Gasteiger partial charge is 1.00 e. The maximum absolute atomic E-state index is 4.59. The van der Waals surface area contributed by atoms with Gasteiger partial charge in [0.15, 0.2) is 0 Å². The average molecular weight is 156 g/mol. The van der Waals surface area contributed by atoms with Gasteiger partial charge in [0.2, 0.25) is 0 Å². The fourth-order valence-electron chi connectivity index (χ4n) is 0.163. The number of rotatable bonds is 0. The van der Waals surface area contributed by atoms with Crippen molar-refractivity contribution < 1.29 is 51.4 Å². The quantitative estimate of drug-likeness (QED) is 0.305. The fourth-order valence-corrected chi connectivity index (χ4v) is 0.618. The number of hydrogen-bond acceptors (Lipinski definition) is 4. The van der Waals surface area contributed by atoms with Crippen LogP contribution >= 0.6 is 11.5 Å². The van der Waals surface area contributed by atoms with E-state index in [2.05, 4.69) is 22.0 Å². The van der Waals surface area contributed by atoms with E-state index in [1.807, 2.05) is 0 Å². The second-order valence-corrected chi connectivity index (χ2v) is 2.13. The number of aromatic nitrogens is 2. The van der Waals surface area contributed by atoms with E-state index < -0.39 is 0 Å². The average Bonchev–Trinajstić information content (AvgIpc) is 1.86. The molecule has 1 aromatic rings. The number of nitrogens with zero attached hydrogens (tertiary/aromatic N) is 2. The Bertz CT molecular complexity index is 117. The zero-order chi connectivity index (χ0) is 4.41. The van der Waals surface area contributed by atoms with E-state index in [0.29, 0.717) is 4.34 Å². The molecule has 0 aliphatic heterocycles. The molecule has 0 N–H and O–H groups in total. The first-order valence-electron chi connectivity index (χ1n) is 1.33. The van der Waals surface area contributed by atoms with E-state index in [-0.39, 0.29) is 51.4 Å². The van der Waals surface area contributed by atoms with Crippen LogP contribution in [0.2, 0.25) is 0 Å². The molecular weight excluding hydrogens is 155 g/mol. The molecule has 0 atom stereocenters. The Morgan fingerprint density at radius 2 is 2.43 bits per heavy atom. The molecule has 0 unspecified atom stereocenters. The zero-order valence-corrected chi connectivity index (χ0v) is 8.54. The molecule has 0 radical (unpaired) electrons. The van der Waals surface area contributed by atoms with E-state index in [9.17, 15) is 0 Å². The van der Waals surface area contributed by atoms with Crippen LogP contribution < -0.4 is 51.4 Å². The Kier molecular flexibility index (Phi) is 5.18. The van der Waals surface area contributed by atoms with Crippen LogP contribution in [0.5, 0.6) is 0 Å². The van der Waals surface area contributed by atoms with Crippen molar-refractivity contribution >= 4 is 24.2 Å². The van der Waals surface area contributed by atoms with E-state index >= 15 is 0 Å². The second-order valence-electron chi connectivity index (χ2n) is 0.707. The van der Waals surface area contributed by atoms with Crippen molar-refractivity contribution in [1.29, 1.82) is 0 Å². The van der Waals surface area contributed by atoms with Gasteiger partial charge in [-0.05, 0) is 4.34 Å². The summed E-state index contributed by atoms with van der Waals surface area (Å²) in [5, 5.41) is 0. The summed E-state index contributed by atoms with van der Waals surface area (Å²) < 4.78 is 4.25. The van der Waals surface area contributed by atoms with E-state index in [1.54, 1.807) is 0 Å². The molecule has 1 rings (SSSR count). The first-order chi connectivity index (χ1) is 2.89. The van der Waals surface area contributed by atoms with Crippen LogP contribution in [0, 0.1) is 0 Å². The van der Waals surface area contributed by atoms with Crippen molar-refractivity contribution in [1.82, 2.24) is 9.36 Å². The molecule has 0 saturated heterocycles. The number of hydrogen-bond donors (Lipinski definition) is 0. The topological polar surface area (TPSA) is 25.8 Å². The van der Waals surface area contributed by atoms with Crippen LogP contribution in [0.15, 0.2) is 10.7 Å². The van der Waals surface area contributed by atoms with Gasteiger partial charge in [-0.25, -0.2) is 0 Å². The minimum Gasteiger partial charge on any atom is -0.407 e. The predicted molar refractivity (Wildman–Crippen MR) is 25.5 cm³/mol. The van der Waals surface area contributed by atoms with Crippen molar-refractivity contribution in [2.24, 2.45) is 0 Å². The van der Waals surface area contributed by atoms with Crippen molar-refractivity contribution in [2.45, 2.75) is 4.34 Å². The van der Waals surface area contributed by atoms with Gasteiger partial charge in [0.05, 0.1) is 0 Å². The predicted octanol–water partition coefficient (Wildman–Crippen LogP) is -2.55. The van der Waals surface area contributed by atoms with Gasteiger partial charge in [0.1, 0.15) is 6.33 Å². The summed E-state index contributed by atoms with van der Waals surface area (Å²) in [7, 11) is 0. The van der Waals surface area contributed by atoms with Crippen LogP contribution in [0.3, 0.4) is 0 Å². The molecule has 0 amide bonds. The maximum Gasteiger partial charge on any atom is 1.00 e. The normalized spacial score (nSPS) is 7.43. The van der Waals surface area contributed by atoms with Gasteiger partial charge in [-0.15, -0.1) is 0 Å². The molecule has 0 bridgehead atoms. The van der Waals surface area contributed by atoms with Crippen LogP contribution in [0.4, 0.5) is 0 Å². The third-order valence-electron chi connectivity index (χ3n) is 0.341. The summed E-state index contributed by atoms with van der Waals surface area (Å²) >= 11 is 5.82. The van der Waals surface area contributed by atoms with Gasteiger partial charge in [-0.2, -0.15) is 0 Å². The van der Waals surface area contributed by atoms with Gasteiger partial charge in [0, 0.05) is 0 Å². The molecular formula is C2HKN2S2. The molecule has 7 heavy (non-hydrogen) atoms. The van der Waals surface area contributed by atoms with Crippen molar-refractivity contribution in [3.05, 3.63) is 6.33 Å². The molecule has 0 saturated carbocycles. The van der Waals surface area contributed by atoms with Crippen molar-refractivity contribution in [3.8, 4) is 0 Å². The van der Waals surface area contributed by atoms with Crippen LogP contribution in [0.1, 0.15) is 0 Å². The smallest absolute Gasteiger partial charge is 0.407 e. The summed E-state index contributed by atoms with van der Waals surface area (Å²) in [6, 6.07) is 0. The van der Waals surface area contributed by atoms with Gasteiger partial charge >= 0.3 is 51.4 Å². The molecule has 0 aromatic carbocycles. The Balaban J connectivity index is 0.000000360. The molecule has 32 valence electrons. The molecule has 1 aromatic heterocycles. The van der Waals surface area contributed by atoms with E-state index in [1.165, 1.54) is 17.9 Å². The Morgan fingerprint density at radius 1 is 1.71 bits per heavy atom. The summed E-state index contributed by atoms with van der Waals surface area (Å²) in [5.74, 6) is 0. The van der Waals surface area contributed by atoms with Crippen LogP contribution in [-0.2, 0) is 12.6 Å².